The number of rotatable bonds is 4. The van der Waals surface area contributed by atoms with Crippen LogP contribution in [0.4, 0.5) is 0 Å². The smallest absolute Gasteiger partial charge is 0.0178 e. The van der Waals surface area contributed by atoms with Gasteiger partial charge in [-0.15, -0.1) is 0 Å². The van der Waals surface area contributed by atoms with E-state index in [-0.39, 0.29) is 0 Å². The SMILES string of the molecule is CC1CCC(C(C)C)C(c2ccc(Br)cc2C2CC(C)CCC2C(C)C)C1. The number of benzene rings is 1. The Morgan fingerprint density at radius 3 is 1.70 bits per heavy atom. The standard InChI is InChI=1S/C26H41Br/c1-16(2)21-10-7-18(5)13-24(21)23-12-9-20(27)15-26(23)25-14-19(6)8-11-22(25)17(3)4/h9,12,15-19,21-22,24-25H,7-8,10-11,13-14H2,1-6H3. The lowest BCUT2D eigenvalue weighted by molar-refractivity contribution is 0.183. The van der Waals surface area contributed by atoms with Gasteiger partial charge in [-0.2, -0.15) is 0 Å². The molecule has 1 aromatic carbocycles. The molecule has 6 unspecified atom stereocenters. The largest absolute Gasteiger partial charge is 0.0625 e. The summed E-state index contributed by atoms with van der Waals surface area (Å²) in [5, 5.41) is 0. The Hall–Kier alpha value is -0.300. The highest BCUT2D eigenvalue weighted by Gasteiger charge is 2.37. The Morgan fingerprint density at radius 2 is 1.22 bits per heavy atom. The average Bonchev–Trinajstić information content (AvgIpc) is 2.61. The third-order valence-corrected chi connectivity index (χ3v) is 8.39. The second kappa shape index (κ2) is 9.02. The number of hydrogen-bond acceptors (Lipinski definition) is 0. The zero-order valence-corrected chi connectivity index (χ0v) is 20.1. The van der Waals surface area contributed by atoms with Gasteiger partial charge in [0, 0.05) is 4.47 Å². The highest BCUT2D eigenvalue weighted by atomic mass is 79.9. The summed E-state index contributed by atoms with van der Waals surface area (Å²) in [5.74, 6) is 6.47. The van der Waals surface area contributed by atoms with Crippen LogP contribution < -0.4 is 0 Å². The van der Waals surface area contributed by atoms with Gasteiger partial charge in [-0.05, 0) is 96.3 Å². The highest BCUT2D eigenvalue weighted by Crippen LogP contribution is 2.50. The summed E-state index contributed by atoms with van der Waals surface area (Å²) in [4.78, 5) is 0. The van der Waals surface area contributed by atoms with Crippen LogP contribution in [0.5, 0.6) is 0 Å². The molecular weight excluding hydrogens is 392 g/mol. The monoisotopic (exact) mass is 432 g/mol. The first-order valence-corrected chi connectivity index (χ1v) is 12.4. The molecule has 2 aliphatic carbocycles. The molecule has 0 N–H and O–H groups in total. The molecule has 0 spiro atoms. The molecule has 1 aromatic rings. The van der Waals surface area contributed by atoms with Crippen LogP contribution in [0.3, 0.4) is 0 Å². The summed E-state index contributed by atoms with van der Waals surface area (Å²) in [5.41, 5.74) is 3.40. The predicted octanol–water partition coefficient (Wildman–Crippen LogP) is 8.80. The second-order valence-electron chi connectivity index (χ2n) is 10.6. The van der Waals surface area contributed by atoms with Gasteiger partial charge in [0.1, 0.15) is 0 Å². The molecule has 1 heteroatoms. The molecule has 2 aliphatic rings. The molecule has 0 amide bonds. The Kier molecular flexibility index (Phi) is 7.15. The van der Waals surface area contributed by atoms with E-state index in [2.05, 4.69) is 75.7 Å². The summed E-state index contributed by atoms with van der Waals surface area (Å²) < 4.78 is 1.27. The van der Waals surface area contributed by atoms with Crippen LogP contribution >= 0.6 is 15.9 Å². The number of hydrogen-bond donors (Lipinski definition) is 0. The maximum absolute atomic E-state index is 3.81. The van der Waals surface area contributed by atoms with E-state index in [0.29, 0.717) is 0 Å². The van der Waals surface area contributed by atoms with Gasteiger partial charge in [-0.25, -0.2) is 0 Å². The van der Waals surface area contributed by atoms with Crippen LogP contribution in [0.15, 0.2) is 22.7 Å². The Balaban J connectivity index is 2.03. The van der Waals surface area contributed by atoms with Gasteiger partial charge >= 0.3 is 0 Å². The van der Waals surface area contributed by atoms with E-state index in [0.717, 1.165) is 47.3 Å². The van der Waals surface area contributed by atoms with Crippen LogP contribution in [0.2, 0.25) is 0 Å². The third-order valence-electron chi connectivity index (χ3n) is 7.89. The molecule has 2 saturated carbocycles. The Bertz CT molecular complexity index is 617. The molecule has 0 aromatic heterocycles. The molecule has 6 atom stereocenters. The highest BCUT2D eigenvalue weighted by molar-refractivity contribution is 9.10. The Labute approximate surface area is 177 Å². The van der Waals surface area contributed by atoms with E-state index in [1.54, 1.807) is 11.1 Å². The van der Waals surface area contributed by atoms with Gasteiger partial charge < -0.3 is 0 Å². The topological polar surface area (TPSA) is 0 Å². The van der Waals surface area contributed by atoms with E-state index in [1.165, 1.54) is 43.0 Å². The van der Waals surface area contributed by atoms with Crippen molar-refractivity contribution in [2.24, 2.45) is 35.5 Å². The van der Waals surface area contributed by atoms with Crippen molar-refractivity contribution < 1.29 is 0 Å². The first-order valence-electron chi connectivity index (χ1n) is 11.6. The lowest BCUT2D eigenvalue weighted by atomic mass is 9.62. The van der Waals surface area contributed by atoms with Crippen molar-refractivity contribution >= 4 is 15.9 Å². The van der Waals surface area contributed by atoms with Crippen molar-refractivity contribution in [2.75, 3.05) is 0 Å². The average molecular weight is 434 g/mol. The van der Waals surface area contributed by atoms with Crippen molar-refractivity contribution in [1.82, 2.24) is 0 Å². The molecule has 0 nitrogen and oxygen atoms in total. The molecule has 2 fully saturated rings. The normalized spacial score (nSPS) is 35.0. The van der Waals surface area contributed by atoms with Gasteiger partial charge in [-0.3, -0.25) is 0 Å². The summed E-state index contributed by atoms with van der Waals surface area (Å²) in [6, 6.07) is 7.31. The minimum Gasteiger partial charge on any atom is -0.0625 e. The molecule has 152 valence electrons. The van der Waals surface area contributed by atoms with E-state index in [4.69, 9.17) is 0 Å². The maximum atomic E-state index is 3.81. The van der Waals surface area contributed by atoms with E-state index in [1.807, 2.05) is 0 Å². The van der Waals surface area contributed by atoms with Gasteiger partial charge in [-0.1, -0.05) is 76.4 Å². The fourth-order valence-electron chi connectivity index (χ4n) is 6.32. The van der Waals surface area contributed by atoms with Gasteiger partial charge in [0.25, 0.3) is 0 Å². The van der Waals surface area contributed by atoms with Crippen LogP contribution in [0, 0.1) is 35.5 Å². The quantitative estimate of drug-likeness (QED) is 0.445. The van der Waals surface area contributed by atoms with Gasteiger partial charge in [0.15, 0.2) is 0 Å². The fourth-order valence-corrected chi connectivity index (χ4v) is 6.70. The van der Waals surface area contributed by atoms with E-state index < -0.39 is 0 Å². The third kappa shape index (κ3) is 4.82. The van der Waals surface area contributed by atoms with Crippen LogP contribution in [0.25, 0.3) is 0 Å². The molecule has 27 heavy (non-hydrogen) atoms. The van der Waals surface area contributed by atoms with Crippen LogP contribution in [0.1, 0.15) is 103 Å². The van der Waals surface area contributed by atoms with Crippen LogP contribution in [-0.4, -0.2) is 0 Å². The summed E-state index contributed by atoms with van der Waals surface area (Å²) in [6.07, 6.45) is 8.41. The summed E-state index contributed by atoms with van der Waals surface area (Å²) >= 11 is 3.81. The molecular formula is C26H41Br. The first kappa shape index (κ1) is 21.4. The van der Waals surface area contributed by atoms with Crippen molar-refractivity contribution in [3.05, 3.63) is 33.8 Å². The molecule has 0 radical (unpaired) electrons. The lowest BCUT2D eigenvalue weighted by Gasteiger charge is -2.42. The zero-order chi connectivity index (χ0) is 19.7. The fraction of sp³-hybridized carbons (Fsp3) is 0.769. The minimum absolute atomic E-state index is 0.742. The predicted molar refractivity (Wildman–Crippen MR) is 122 cm³/mol. The van der Waals surface area contributed by atoms with Crippen molar-refractivity contribution in [3.8, 4) is 0 Å². The van der Waals surface area contributed by atoms with Crippen molar-refractivity contribution in [2.45, 2.75) is 91.9 Å². The van der Waals surface area contributed by atoms with Crippen molar-refractivity contribution in [1.29, 1.82) is 0 Å². The minimum atomic E-state index is 0.742. The molecule has 0 saturated heterocycles. The molecule has 0 aliphatic heterocycles. The van der Waals surface area contributed by atoms with Crippen molar-refractivity contribution in [3.63, 3.8) is 0 Å². The van der Waals surface area contributed by atoms with Gasteiger partial charge in [0.2, 0.25) is 0 Å². The zero-order valence-electron chi connectivity index (χ0n) is 18.5. The molecule has 0 heterocycles. The molecule has 3 rings (SSSR count). The Morgan fingerprint density at radius 1 is 0.741 bits per heavy atom. The van der Waals surface area contributed by atoms with Gasteiger partial charge in [0.05, 0.1) is 0 Å². The second-order valence-corrected chi connectivity index (χ2v) is 11.6. The maximum Gasteiger partial charge on any atom is 0.0178 e. The summed E-state index contributed by atoms with van der Waals surface area (Å²) in [7, 11) is 0. The first-order chi connectivity index (χ1) is 12.8. The molecule has 0 bridgehead atoms. The lowest BCUT2D eigenvalue weighted by Crippen LogP contribution is -2.30. The number of halogens is 1. The van der Waals surface area contributed by atoms with E-state index >= 15 is 0 Å². The van der Waals surface area contributed by atoms with Crippen LogP contribution in [-0.2, 0) is 0 Å². The van der Waals surface area contributed by atoms with E-state index in [9.17, 15) is 0 Å². The summed E-state index contributed by atoms with van der Waals surface area (Å²) in [6.45, 7) is 14.7.